The molecule has 0 radical (unpaired) electrons. The second-order valence-corrected chi connectivity index (χ2v) is 3.81. The molecule has 0 atom stereocenters. The number of H-pyrrole nitrogens is 1. The molecule has 2 rings (SSSR count). The largest absolute Gasteiger partial charge is 0.544 e. The number of aryl methyl sites for hydroxylation is 1. The smallest absolute Gasteiger partial charge is 0.332 e. The number of carbonyl (C=O) groups excluding carboxylic acids is 1. The minimum Gasteiger partial charge on any atom is -0.544 e. The highest BCUT2D eigenvalue weighted by Gasteiger charge is 2.14. The highest BCUT2D eigenvalue weighted by molar-refractivity contribution is 5.71. The van der Waals surface area contributed by atoms with Crippen LogP contribution in [0.1, 0.15) is 0 Å². The summed E-state index contributed by atoms with van der Waals surface area (Å²) in [5.41, 5.74) is -0.656. The highest BCUT2D eigenvalue weighted by Crippen LogP contribution is 2.03. The lowest BCUT2D eigenvalue weighted by Gasteiger charge is -2.00. The van der Waals surface area contributed by atoms with Crippen LogP contribution in [0.15, 0.2) is 9.59 Å². The van der Waals surface area contributed by atoms with Crippen molar-refractivity contribution in [2.45, 2.75) is 0 Å². The van der Waals surface area contributed by atoms with Gasteiger partial charge < -0.3 is 9.90 Å². The Morgan fingerprint density at radius 3 is 2.67 bits per heavy atom. The third kappa shape index (κ3) is 1.80. The van der Waals surface area contributed by atoms with Gasteiger partial charge >= 0.3 is 11.6 Å². The maximum atomic E-state index is 11.8. The normalized spacial score (nSPS) is 11.0. The van der Waals surface area contributed by atoms with Crippen LogP contribution in [-0.2, 0) is 18.9 Å². The van der Waals surface area contributed by atoms with Crippen LogP contribution < -0.4 is 21.7 Å². The lowest BCUT2D eigenvalue weighted by atomic mass is 10.5. The van der Waals surface area contributed by atoms with Crippen LogP contribution in [0.3, 0.4) is 0 Å². The molecule has 0 aliphatic rings. The lowest BCUT2D eigenvalue weighted by Crippen LogP contribution is -2.82. The summed E-state index contributed by atoms with van der Waals surface area (Å²) in [6, 6.07) is 0. The molecule has 9 heteroatoms. The molecule has 0 bridgehead atoms. The maximum Gasteiger partial charge on any atom is 0.332 e. The fraction of sp³-hybridized carbons (Fsp3) is 0.333. The van der Waals surface area contributed by atoms with E-state index >= 15 is 0 Å². The van der Waals surface area contributed by atoms with Crippen molar-refractivity contribution in [3.8, 4) is 0 Å². The first-order valence-electron chi connectivity index (χ1n) is 5.10. The van der Waals surface area contributed by atoms with Crippen molar-refractivity contribution in [3.63, 3.8) is 0 Å². The number of nitrogens with two attached hydrogens (primary N) is 1. The van der Waals surface area contributed by atoms with Gasteiger partial charge in [-0.15, -0.1) is 0 Å². The number of carboxylic acids is 1. The topological polar surface area (TPSA) is 129 Å². The number of aromatic nitrogens is 4. The number of imidazole rings is 1. The van der Waals surface area contributed by atoms with Crippen LogP contribution in [0.5, 0.6) is 0 Å². The fourth-order valence-electron chi connectivity index (χ4n) is 1.62. The molecule has 3 N–H and O–H groups in total. The van der Waals surface area contributed by atoms with Gasteiger partial charge in [-0.1, -0.05) is 0 Å². The van der Waals surface area contributed by atoms with E-state index in [0.717, 1.165) is 4.57 Å². The average molecular weight is 253 g/mol. The van der Waals surface area contributed by atoms with Gasteiger partial charge in [-0.2, -0.15) is 4.98 Å². The van der Waals surface area contributed by atoms with Crippen LogP contribution in [-0.4, -0.2) is 31.6 Å². The number of quaternary nitrogens is 1. The molecule has 2 heterocycles. The van der Waals surface area contributed by atoms with Crippen LogP contribution in [0.4, 0.5) is 5.95 Å². The van der Waals surface area contributed by atoms with E-state index < -0.39 is 17.2 Å². The van der Waals surface area contributed by atoms with Gasteiger partial charge in [-0.25, -0.2) is 4.79 Å². The Balaban J connectivity index is 2.61. The van der Waals surface area contributed by atoms with E-state index in [0.29, 0.717) is 0 Å². The Labute approximate surface area is 99.7 Å². The number of hydrogen-bond acceptors (Lipinski definition) is 5. The Bertz CT molecular complexity index is 738. The lowest BCUT2D eigenvalue weighted by molar-refractivity contribution is -0.575. The van der Waals surface area contributed by atoms with Gasteiger partial charge in [0.1, 0.15) is 6.54 Å². The molecule has 0 saturated heterocycles. The van der Waals surface area contributed by atoms with Crippen molar-refractivity contribution in [1.29, 1.82) is 0 Å². The predicted octanol–water partition coefficient (Wildman–Crippen LogP) is -4.09. The van der Waals surface area contributed by atoms with Gasteiger partial charge in [0, 0.05) is 14.1 Å². The van der Waals surface area contributed by atoms with E-state index in [9.17, 15) is 19.5 Å². The van der Waals surface area contributed by atoms with Crippen molar-refractivity contribution < 1.29 is 15.2 Å². The van der Waals surface area contributed by atoms with Crippen LogP contribution >= 0.6 is 0 Å². The van der Waals surface area contributed by atoms with E-state index in [-0.39, 0.29) is 23.7 Å². The minimum atomic E-state index is -1.25. The Kier molecular flexibility index (Phi) is 2.75. The number of carboxylic acid groups (broad SMARTS) is 1. The Morgan fingerprint density at radius 1 is 1.39 bits per heavy atom. The van der Waals surface area contributed by atoms with Crippen molar-refractivity contribution in [3.05, 3.63) is 20.8 Å². The summed E-state index contributed by atoms with van der Waals surface area (Å²) in [5, 5.41) is 11.6. The van der Waals surface area contributed by atoms with Gasteiger partial charge in [-0.05, 0) is 0 Å². The van der Waals surface area contributed by atoms with Crippen molar-refractivity contribution in [2.24, 2.45) is 14.1 Å². The summed E-state index contributed by atoms with van der Waals surface area (Å²) in [7, 11) is 2.84. The van der Waals surface area contributed by atoms with E-state index in [1.807, 2.05) is 0 Å². The molecule has 0 aliphatic carbocycles. The van der Waals surface area contributed by atoms with Crippen LogP contribution in [0.2, 0.25) is 0 Å². The molecule has 96 valence electrons. The van der Waals surface area contributed by atoms with Crippen molar-refractivity contribution in [1.82, 2.24) is 19.1 Å². The van der Waals surface area contributed by atoms with Gasteiger partial charge in [0.05, 0.1) is 5.97 Å². The monoisotopic (exact) mass is 253 g/mol. The molecule has 9 nitrogen and oxygen atoms in total. The zero-order valence-corrected chi connectivity index (χ0v) is 9.76. The zero-order chi connectivity index (χ0) is 13.4. The SMILES string of the molecule is Cn1c(=O)c2[nH]c([NH2+]CC(=O)[O-])nc2n(C)c1=O. The summed E-state index contributed by atoms with van der Waals surface area (Å²) in [4.78, 5) is 40.4. The number of carbonyl (C=O) groups is 1. The molecule has 0 aromatic carbocycles. The van der Waals surface area contributed by atoms with E-state index in [4.69, 9.17) is 0 Å². The summed E-state index contributed by atoms with van der Waals surface area (Å²) in [6.45, 7) is -0.325. The van der Waals surface area contributed by atoms with Gasteiger partial charge in [0.25, 0.3) is 5.56 Å². The molecule has 0 aliphatic heterocycles. The second kappa shape index (κ2) is 4.11. The minimum absolute atomic E-state index is 0.157. The molecule has 0 unspecified atom stereocenters. The van der Waals surface area contributed by atoms with Gasteiger partial charge in [0.15, 0.2) is 11.2 Å². The van der Waals surface area contributed by atoms with Crippen molar-refractivity contribution >= 4 is 23.1 Å². The molecule has 0 saturated carbocycles. The first-order valence-corrected chi connectivity index (χ1v) is 5.10. The first kappa shape index (κ1) is 12.0. The van der Waals surface area contributed by atoms with E-state index in [2.05, 4.69) is 9.97 Å². The van der Waals surface area contributed by atoms with Crippen LogP contribution in [0, 0.1) is 0 Å². The number of nitrogens with one attached hydrogen (secondary N) is 1. The number of aromatic amines is 1. The highest BCUT2D eigenvalue weighted by atomic mass is 16.4. The zero-order valence-electron chi connectivity index (χ0n) is 9.76. The van der Waals surface area contributed by atoms with Crippen molar-refractivity contribution in [2.75, 3.05) is 6.54 Å². The quantitative estimate of drug-likeness (QED) is 0.574. The first-order chi connectivity index (χ1) is 8.41. The number of rotatable bonds is 3. The molecule has 0 spiro atoms. The Hall–Kier alpha value is -2.42. The standard InChI is InChI=1S/C9H11N5O4/c1-13-6-5(7(17)14(2)9(13)18)11-8(12-6)10-3-4(15)16/h3H2,1-2H3,(H,15,16)(H2,10,11,12). The molecular weight excluding hydrogens is 242 g/mol. The third-order valence-corrected chi connectivity index (χ3v) is 2.58. The number of hydrogen-bond donors (Lipinski definition) is 2. The van der Waals surface area contributed by atoms with Crippen LogP contribution in [0.25, 0.3) is 11.2 Å². The van der Waals surface area contributed by atoms with E-state index in [1.165, 1.54) is 24.0 Å². The summed E-state index contributed by atoms with van der Waals surface area (Å²) < 4.78 is 2.16. The molecule has 2 aromatic heterocycles. The molecular formula is C9H11N5O4. The second-order valence-electron chi connectivity index (χ2n) is 3.81. The number of fused-ring (bicyclic) bond motifs is 1. The summed E-state index contributed by atoms with van der Waals surface area (Å²) in [6.07, 6.45) is 0. The average Bonchev–Trinajstić information content (AvgIpc) is 2.75. The maximum absolute atomic E-state index is 11.8. The molecule has 18 heavy (non-hydrogen) atoms. The predicted molar refractivity (Wildman–Crippen MR) is 58.0 cm³/mol. The molecule has 0 amide bonds. The number of aliphatic carboxylic acids is 1. The molecule has 0 fully saturated rings. The van der Waals surface area contributed by atoms with E-state index in [1.54, 1.807) is 0 Å². The fourth-order valence-corrected chi connectivity index (χ4v) is 1.62. The number of nitrogens with zero attached hydrogens (tertiary/aromatic N) is 3. The summed E-state index contributed by atoms with van der Waals surface area (Å²) >= 11 is 0. The van der Waals surface area contributed by atoms with Gasteiger partial charge in [-0.3, -0.25) is 24.2 Å². The third-order valence-electron chi connectivity index (χ3n) is 2.58. The van der Waals surface area contributed by atoms with Gasteiger partial charge in [0.2, 0.25) is 0 Å². The molecule has 2 aromatic rings. The summed E-state index contributed by atoms with van der Waals surface area (Å²) in [5.74, 6) is -1.04. The Morgan fingerprint density at radius 2 is 2.06 bits per heavy atom.